The van der Waals surface area contributed by atoms with Crippen molar-refractivity contribution in [3.63, 3.8) is 0 Å². The summed E-state index contributed by atoms with van der Waals surface area (Å²) in [6.45, 7) is 2.85. The summed E-state index contributed by atoms with van der Waals surface area (Å²) in [6.07, 6.45) is 3.12. The minimum Gasteiger partial charge on any atom is -0.462 e. The van der Waals surface area contributed by atoms with Crippen molar-refractivity contribution < 1.29 is 19.1 Å². The van der Waals surface area contributed by atoms with E-state index in [1.165, 1.54) is 0 Å². The molecule has 0 saturated carbocycles. The van der Waals surface area contributed by atoms with Gasteiger partial charge in [-0.1, -0.05) is 35.7 Å². The molecule has 158 valence electrons. The first-order valence-corrected chi connectivity index (χ1v) is 10.9. The third kappa shape index (κ3) is 5.69. The molecule has 0 unspecified atom stereocenters. The minimum atomic E-state index is -0.427. The predicted octanol–water partition coefficient (Wildman–Crippen LogP) is 4.79. The summed E-state index contributed by atoms with van der Waals surface area (Å²) < 4.78 is 6.16. The van der Waals surface area contributed by atoms with Crippen LogP contribution >= 0.6 is 15.9 Å². The van der Waals surface area contributed by atoms with Crippen LogP contribution in [0.1, 0.15) is 43.0 Å². The van der Waals surface area contributed by atoms with Crippen molar-refractivity contribution in [3.05, 3.63) is 58.6 Å². The molecular formula is C23H25BrN2O4. The van der Waals surface area contributed by atoms with Crippen LogP contribution in [-0.2, 0) is 14.3 Å². The number of esters is 1. The topological polar surface area (TPSA) is 75.7 Å². The maximum absolute atomic E-state index is 12.6. The molecule has 1 heterocycles. The van der Waals surface area contributed by atoms with Crippen LogP contribution in [0.25, 0.3) is 0 Å². The molecule has 3 rings (SSSR count). The average molecular weight is 473 g/mol. The quantitative estimate of drug-likeness (QED) is 0.442. The van der Waals surface area contributed by atoms with Gasteiger partial charge in [-0.2, -0.15) is 0 Å². The number of amides is 2. The molecule has 1 atom stereocenters. The summed E-state index contributed by atoms with van der Waals surface area (Å²) in [5.74, 6) is -1.07. The van der Waals surface area contributed by atoms with Crippen LogP contribution < -0.4 is 10.2 Å². The van der Waals surface area contributed by atoms with E-state index in [4.69, 9.17) is 4.74 Å². The van der Waals surface area contributed by atoms with Crippen LogP contribution in [0, 0.1) is 5.92 Å². The highest BCUT2D eigenvalue weighted by molar-refractivity contribution is 9.10. The molecule has 2 aromatic rings. The minimum absolute atomic E-state index is 0.0707. The largest absolute Gasteiger partial charge is 0.462 e. The molecule has 0 aliphatic carbocycles. The second kappa shape index (κ2) is 10.4. The molecule has 30 heavy (non-hydrogen) atoms. The number of rotatable bonds is 8. The van der Waals surface area contributed by atoms with E-state index < -0.39 is 5.92 Å². The first kappa shape index (κ1) is 22.0. The van der Waals surface area contributed by atoms with Crippen LogP contribution in [0.15, 0.2) is 53.0 Å². The molecule has 2 amide bonds. The number of nitrogens with zero attached hydrogens (tertiary/aromatic N) is 1. The first-order chi connectivity index (χ1) is 14.5. The van der Waals surface area contributed by atoms with Gasteiger partial charge in [-0.05, 0) is 55.0 Å². The van der Waals surface area contributed by atoms with Crippen molar-refractivity contribution in [2.75, 3.05) is 23.4 Å². The van der Waals surface area contributed by atoms with Crippen molar-refractivity contribution in [2.24, 2.45) is 5.92 Å². The number of benzene rings is 2. The number of hydrogen-bond acceptors (Lipinski definition) is 4. The number of ether oxygens (including phenoxy) is 1. The van der Waals surface area contributed by atoms with E-state index in [1.807, 2.05) is 24.3 Å². The van der Waals surface area contributed by atoms with Crippen molar-refractivity contribution >= 4 is 45.1 Å². The van der Waals surface area contributed by atoms with Gasteiger partial charge in [0, 0.05) is 28.8 Å². The fourth-order valence-corrected chi connectivity index (χ4v) is 3.55. The van der Waals surface area contributed by atoms with Gasteiger partial charge in [0.2, 0.25) is 11.8 Å². The second-order valence-corrected chi connectivity index (χ2v) is 8.21. The van der Waals surface area contributed by atoms with E-state index in [-0.39, 0.29) is 24.2 Å². The maximum Gasteiger partial charge on any atom is 0.338 e. The molecule has 2 aromatic carbocycles. The summed E-state index contributed by atoms with van der Waals surface area (Å²) >= 11 is 3.38. The molecule has 1 saturated heterocycles. The lowest BCUT2D eigenvalue weighted by molar-refractivity contribution is -0.122. The summed E-state index contributed by atoms with van der Waals surface area (Å²) in [6, 6.07) is 14.0. The lowest BCUT2D eigenvalue weighted by Gasteiger charge is -2.17. The van der Waals surface area contributed by atoms with Crippen LogP contribution in [-0.4, -0.2) is 30.9 Å². The van der Waals surface area contributed by atoms with Crippen molar-refractivity contribution in [3.8, 4) is 0 Å². The first-order valence-electron chi connectivity index (χ1n) is 10.1. The Morgan fingerprint density at radius 2 is 1.80 bits per heavy atom. The number of carbonyl (C=O) groups excluding carboxylic acids is 3. The number of halogens is 1. The normalized spacial score (nSPS) is 15.9. The molecule has 0 radical (unpaired) electrons. The zero-order valence-corrected chi connectivity index (χ0v) is 18.5. The lowest BCUT2D eigenvalue weighted by atomic mass is 10.1. The van der Waals surface area contributed by atoms with E-state index in [0.29, 0.717) is 24.4 Å². The number of unbranched alkanes of at least 4 members (excludes halogenated alkanes) is 2. The van der Waals surface area contributed by atoms with E-state index in [1.54, 1.807) is 29.2 Å². The summed E-state index contributed by atoms with van der Waals surface area (Å²) in [7, 11) is 0. The van der Waals surface area contributed by atoms with Gasteiger partial charge < -0.3 is 15.0 Å². The lowest BCUT2D eigenvalue weighted by Crippen LogP contribution is -2.28. The molecule has 6 nitrogen and oxygen atoms in total. The van der Waals surface area contributed by atoms with Gasteiger partial charge in [0.15, 0.2) is 0 Å². The van der Waals surface area contributed by atoms with Crippen molar-refractivity contribution in [1.82, 2.24) is 0 Å². The van der Waals surface area contributed by atoms with Gasteiger partial charge in [-0.3, -0.25) is 9.59 Å². The monoisotopic (exact) mass is 472 g/mol. The van der Waals surface area contributed by atoms with Gasteiger partial charge in [0.25, 0.3) is 0 Å². The highest BCUT2D eigenvalue weighted by Crippen LogP contribution is 2.27. The molecule has 0 spiro atoms. The van der Waals surface area contributed by atoms with E-state index in [9.17, 15) is 14.4 Å². The smallest absolute Gasteiger partial charge is 0.338 e. The SMILES string of the molecule is CCCCCOC(=O)c1ccc(NC(=O)[C@H]2CC(=O)N(c3ccc(Br)cc3)C2)cc1. The zero-order chi connectivity index (χ0) is 21.5. The molecule has 1 aliphatic rings. The van der Waals surface area contributed by atoms with Crippen LogP contribution in [0.2, 0.25) is 0 Å². The van der Waals surface area contributed by atoms with Gasteiger partial charge in [-0.25, -0.2) is 4.79 Å². The molecular weight excluding hydrogens is 448 g/mol. The summed E-state index contributed by atoms with van der Waals surface area (Å²) in [5.41, 5.74) is 1.80. The molecule has 0 aromatic heterocycles. The number of carbonyl (C=O) groups is 3. The number of anilines is 2. The second-order valence-electron chi connectivity index (χ2n) is 7.29. The van der Waals surface area contributed by atoms with E-state index >= 15 is 0 Å². The Morgan fingerprint density at radius 1 is 1.10 bits per heavy atom. The van der Waals surface area contributed by atoms with Gasteiger partial charge in [0.1, 0.15) is 0 Å². The van der Waals surface area contributed by atoms with Gasteiger partial charge >= 0.3 is 5.97 Å². The molecule has 1 N–H and O–H groups in total. The molecule has 1 aliphatic heterocycles. The summed E-state index contributed by atoms with van der Waals surface area (Å²) in [4.78, 5) is 38.6. The molecule has 0 bridgehead atoms. The van der Waals surface area contributed by atoms with Crippen molar-refractivity contribution in [2.45, 2.75) is 32.6 Å². The highest BCUT2D eigenvalue weighted by Gasteiger charge is 2.35. The van der Waals surface area contributed by atoms with Gasteiger partial charge in [0.05, 0.1) is 18.1 Å². The Bertz CT molecular complexity index is 896. The number of hydrogen-bond donors (Lipinski definition) is 1. The highest BCUT2D eigenvalue weighted by atomic mass is 79.9. The van der Waals surface area contributed by atoms with Crippen LogP contribution in [0.4, 0.5) is 11.4 Å². The third-order valence-electron chi connectivity index (χ3n) is 5.00. The van der Waals surface area contributed by atoms with Crippen LogP contribution in [0.5, 0.6) is 0 Å². The van der Waals surface area contributed by atoms with Gasteiger partial charge in [-0.15, -0.1) is 0 Å². The van der Waals surface area contributed by atoms with E-state index in [2.05, 4.69) is 28.2 Å². The Labute approximate surface area is 184 Å². The Hall–Kier alpha value is -2.67. The maximum atomic E-state index is 12.6. The third-order valence-corrected chi connectivity index (χ3v) is 5.53. The average Bonchev–Trinajstić information content (AvgIpc) is 3.14. The zero-order valence-electron chi connectivity index (χ0n) is 16.9. The van der Waals surface area contributed by atoms with E-state index in [0.717, 1.165) is 29.4 Å². The standard InChI is InChI=1S/C23H25BrN2O4/c1-2-3-4-13-30-23(29)16-5-9-19(10-6-16)25-22(28)17-14-21(27)26(15-17)20-11-7-18(24)8-12-20/h5-12,17H,2-4,13-15H2,1H3,(H,25,28)/t17-/m0/s1. The Morgan fingerprint density at radius 3 is 2.47 bits per heavy atom. The molecule has 7 heteroatoms. The summed E-state index contributed by atoms with van der Waals surface area (Å²) in [5, 5.41) is 2.83. The number of nitrogens with one attached hydrogen (secondary N) is 1. The Kier molecular flexibility index (Phi) is 7.63. The Balaban J connectivity index is 1.54. The van der Waals surface area contributed by atoms with Crippen molar-refractivity contribution in [1.29, 1.82) is 0 Å². The predicted molar refractivity (Wildman–Crippen MR) is 119 cm³/mol. The fraction of sp³-hybridized carbons (Fsp3) is 0.348. The molecule has 1 fully saturated rings. The van der Waals surface area contributed by atoms with Crippen LogP contribution in [0.3, 0.4) is 0 Å². The fourth-order valence-electron chi connectivity index (χ4n) is 3.29.